The second-order valence-electron chi connectivity index (χ2n) is 6.52. The Morgan fingerprint density at radius 1 is 1.44 bits per heavy atom. The summed E-state index contributed by atoms with van der Waals surface area (Å²) in [4.78, 5) is 2.21. The van der Waals surface area contributed by atoms with Crippen molar-refractivity contribution in [3.05, 3.63) is 12.3 Å². The Balaban J connectivity index is 2.51. The van der Waals surface area contributed by atoms with Gasteiger partial charge in [0.25, 0.3) is 5.66 Å². The number of allylic oxidation sites excluding steroid dienone is 1. The average Bonchev–Trinajstić information content (AvgIpc) is 2.46. The van der Waals surface area contributed by atoms with Gasteiger partial charge in [-0.2, -0.15) is 0 Å². The van der Waals surface area contributed by atoms with Crippen LogP contribution in [0.25, 0.3) is 0 Å². The van der Waals surface area contributed by atoms with E-state index in [1.807, 2.05) is 6.92 Å². The van der Waals surface area contributed by atoms with Gasteiger partial charge in [-0.25, -0.2) is 0 Å². The maximum absolute atomic E-state index is 10.6. The Labute approximate surface area is 111 Å². The summed E-state index contributed by atoms with van der Waals surface area (Å²) in [5, 5.41) is 10.6. The predicted molar refractivity (Wildman–Crippen MR) is 73.7 cm³/mol. The van der Waals surface area contributed by atoms with Gasteiger partial charge in [-0.1, -0.05) is 27.4 Å². The summed E-state index contributed by atoms with van der Waals surface area (Å²) in [5.41, 5.74) is 1.59. The molecular weight excluding hydrogens is 224 g/mol. The van der Waals surface area contributed by atoms with Crippen molar-refractivity contribution in [3.63, 3.8) is 0 Å². The fourth-order valence-electron chi connectivity index (χ4n) is 3.99. The van der Waals surface area contributed by atoms with Gasteiger partial charge in [0.2, 0.25) is 5.71 Å². The van der Waals surface area contributed by atoms with Crippen LogP contribution in [0, 0.1) is 17.8 Å². The fourth-order valence-corrected chi connectivity index (χ4v) is 3.99. The lowest BCUT2D eigenvalue weighted by molar-refractivity contribution is -0.842. The molecule has 0 bridgehead atoms. The number of nitrogens with zero attached hydrogens (tertiary/aromatic N) is 2. The van der Waals surface area contributed by atoms with Gasteiger partial charge >= 0.3 is 0 Å². The normalized spacial score (nSPS) is 37.2. The van der Waals surface area contributed by atoms with Crippen LogP contribution in [0.2, 0.25) is 0 Å². The van der Waals surface area contributed by atoms with E-state index in [0.29, 0.717) is 17.8 Å². The summed E-state index contributed by atoms with van der Waals surface area (Å²) >= 11 is 0. The summed E-state index contributed by atoms with van der Waals surface area (Å²) in [7, 11) is 2.08. The van der Waals surface area contributed by atoms with Gasteiger partial charge in [0.15, 0.2) is 0 Å². The number of rotatable bonds is 1. The van der Waals surface area contributed by atoms with Crippen molar-refractivity contribution in [1.29, 1.82) is 0 Å². The van der Waals surface area contributed by atoms with E-state index in [4.69, 9.17) is 0 Å². The van der Waals surface area contributed by atoms with Crippen LogP contribution in [-0.4, -0.2) is 33.3 Å². The minimum atomic E-state index is -0.271. The second-order valence-corrected chi connectivity index (χ2v) is 6.52. The molecule has 1 fully saturated rings. The highest BCUT2D eigenvalue weighted by molar-refractivity contribution is 5.94. The third-order valence-corrected chi connectivity index (χ3v) is 5.11. The molecule has 1 aliphatic heterocycles. The zero-order chi connectivity index (χ0) is 13.7. The molecule has 1 saturated carbocycles. The van der Waals surface area contributed by atoms with Crippen LogP contribution >= 0.6 is 0 Å². The lowest BCUT2D eigenvalue weighted by atomic mass is 9.69. The largest absolute Gasteiger partial charge is 0.306 e. The molecule has 0 radical (unpaired) electrons. The zero-order valence-electron chi connectivity index (χ0n) is 12.4. The Morgan fingerprint density at radius 3 is 2.50 bits per heavy atom. The molecule has 2 rings (SSSR count). The van der Waals surface area contributed by atoms with Crippen molar-refractivity contribution >= 4 is 5.71 Å². The minimum Gasteiger partial charge on any atom is -0.306 e. The first-order valence-corrected chi connectivity index (χ1v) is 7.08. The molecule has 2 aliphatic rings. The third kappa shape index (κ3) is 1.59. The first kappa shape index (κ1) is 13.4. The molecule has 3 atom stereocenters. The van der Waals surface area contributed by atoms with Gasteiger partial charge < -0.3 is 4.90 Å². The molecule has 0 aromatic heterocycles. The van der Waals surface area contributed by atoms with Crippen LogP contribution in [0.3, 0.4) is 0 Å². The van der Waals surface area contributed by atoms with Crippen LogP contribution in [0.5, 0.6) is 0 Å². The SMILES string of the molecule is C=C1C(C)=[N+](O)C2(CC(C)CCC2C(C)C)N1C. The third-order valence-electron chi connectivity index (χ3n) is 5.11. The lowest BCUT2D eigenvalue weighted by Gasteiger charge is -2.44. The van der Waals surface area contributed by atoms with Crippen molar-refractivity contribution in [2.75, 3.05) is 7.05 Å². The van der Waals surface area contributed by atoms with Crippen molar-refractivity contribution in [1.82, 2.24) is 4.90 Å². The highest BCUT2D eigenvalue weighted by Gasteiger charge is 2.62. The number of hydrogen-bond acceptors (Lipinski definition) is 2. The van der Waals surface area contributed by atoms with Gasteiger partial charge in [-0.15, -0.1) is 0 Å². The smallest absolute Gasteiger partial charge is 0.289 e. The minimum absolute atomic E-state index is 0.271. The average molecular weight is 251 g/mol. The molecule has 18 heavy (non-hydrogen) atoms. The van der Waals surface area contributed by atoms with E-state index in [1.165, 1.54) is 17.6 Å². The van der Waals surface area contributed by atoms with Crippen molar-refractivity contribution in [2.24, 2.45) is 17.8 Å². The van der Waals surface area contributed by atoms with E-state index in [1.54, 1.807) is 0 Å². The van der Waals surface area contributed by atoms with Crippen molar-refractivity contribution < 1.29 is 9.95 Å². The zero-order valence-corrected chi connectivity index (χ0v) is 12.4. The molecule has 0 aromatic rings. The van der Waals surface area contributed by atoms with Gasteiger partial charge in [-0.3, -0.25) is 5.21 Å². The monoisotopic (exact) mass is 251 g/mol. The Bertz CT molecular complexity index is 399. The molecule has 102 valence electrons. The summed E-state index contributed by atoms with van der Waals surface area (Å²) in [6.07, 6.45) is 3.46. The van der Waals surface area contributed by atoms with Crippen molar-refractivity contribution in [3.8, 4) is 0 Å². The van der Waals surface area contributed by atoms with Crippen LogP contribution < -0.4 is 0 Å². The highest BCUT2D eigenvalue weighted by Crippen LogP contribution is 2.47. The maximum atomic E-state index is 10.6. The van der Waals surface area contributed by atoms with Gasteiger partial charge in [0, 0.05) is 25.1 Å². The van der Waals surface area contributed by atoms with Gasteiger partial charge in [0.1, 0.15) is 5.70 Å². The molecule has 3 heteroatoms. The molecule has 0 saturated heterocycles. The predicted octanol–water partition coefficient (Wildman–Crippen LogP) is 3.10. The summed E-state index contributed by atoms with van der Waals surface area (Å²) in [5.74, 6) is 1.70. The van der Waals surface area contributed by atoms with E-state index in [9.17, 15) is 5.21 Å². The molecule has 0 amide bonds. The van der Waals surface area contributed by atoms with Gasteiger partial charge in [0.05, 0.1) is 5.92 Å². The van der Waals surface area contributed by atoms with E-state index in [-0.39, 0.29) is 5.66 Å². The fraction of sp³-hybridized carbons (Fsp3) is 0.800. The summed E-state index contributed by atoms with van der Waals surface area (Å²) in [6, 6.07) is 0. The van der Waals surface area contributed by atoms with E-state index < -0.39 is 0 Å². The van der Waals surface area contributed by atoms with E-state index in [0.717, 1.165) is 17.8 Å². The van der Waals surface area contributed by atoms with Crippen LogP contribution in [0.1, 0.15) is 47.0 Å². The first-order chi connectivity index (χ1) is 8.32. The first-order valence-electron chi connectivity index (χ1n) is 7.08. The molecule has 1 spiro atoms. The van der Waals surface area contributed by atoms with Gasteiger partial charge in [-0.05, 0) is 24.7 Å². The second kappa shape index (κ2) is 4.29. The Hall–Kier alpha value is -0.990. The van der Waals surface area contributed by atoms with Crippen LogP contribution in [-0.2, 0) is 0 Å². The summed E-state index contributed by atoms with van der Waals surface area (Å²) < 4.78 is 1.51. The quantitative estimate of drug-likeness (QED) is 0.572. The Morgan fingerprint density at radius 2 is 2.06 bits per heavy atom. The molecule has 0 aromatic carbocycles. The van der Waals surface area contributed by atoms with Crippen LogP contribution in [0.15, 0.2) is 12.3 Å². The van der Waals surface area contributed by atoms with E-state index in [2.05, 4.69) is 39.3 Å². The van der Waals surface area contributed by atoms with Crippen molar-refractivity contribution in [2.45, 2.75) is 52.6 Å². The number of hydroxylamine groups is 1. The van der Waals surface area contributed by atoms with Crippen LogP contribution in [0.4, 0.5) is 0 Å². The summed E-state index contributed by atoms with van der Waals surface area (Å²) in [6.45, 7) is 12.9. The number of hydrogen-bond donors (Lipinski definition) is 1. The van der Waals surface area contributed by atoms with E-state index >= 15 is 0 Å². The molecule has 1 heterocycles. The Kier molecular flexibility index (Phi) is 3.20. The standard InChI is InChI=1S/C15H27N2O/c1-10(2)14-8-7-11(3)9-15(14)16(6)12(4)13(5)17(15)18/h10-11,14,18H,4,7-9H2,1-3,5-6H3/q+1. The molecule has 1 N–H and O–H groups in total. The molecule has 3 nitrogen and oxygen atoms in total. The topological polar surface area (TPSA) is 26.5 Å². The lowest BCUT2D eigenvalue weighted by Crippen LogP contribution is -2.59. The molecule has 1 aliphatic carbocycles. The molecular formula is C15H27N2O+. The highest BCUT2D eigenvalue weighted by atomic mass is 16.5. The molecule has 3 unspecified atom stereocenters. The maximum Gasteiger partial charge on any atom is 0.289 e.